The first-order valence-electron chi connectivity index (χ1n) is 4.18. The second-order valence-corrected chi connectivity index (χ2v) is 3.27. The van der Waals surface area contributed by atoms with Crippen LogP contribution in [0.15, 0.2) is 18.3 Å². The van der Waals surface area contributed by atoms with E-state index < -0.39 is 0 Å². The molecule has 1 aromatic heterocycles. The molecule has 1 fully saturated rings. The Bertz CT molecular complexity index is 284. The maximum absolute atomic E-state index is 9.42. The highest BCUT2D eigenvalue weighted by Gasteiger charge is 2.31. The molecule has 12 heavy (non-hydrogen) atoms. The number of hydrogen-bond acceptors (Lipinski definition) is 3. The van der Waals surface area contributed by atoms with E-state index in [1.807, 2.05) is 0 Å². The summed E-state index contributed by atoms with van der Waals surface area (Å²) in [5.41, 5.74) is 6.52. The molecule has 1 atom stereocenters. The van der Waals surface area contributed by atoms with Crippen LogP contribution in [0.2, 0.25) is 0 Å². The molecule has 2 rings (SSSR count). The summed E-state index contributed by atoms with van der Waals surface area (Å²) in [7, 11) is 0. The number of rotatable bonds is 2. The molecule has 0 bridgehead atoms. The summed E-state index contributed by atoms with van der Waals surface area (Å²) in [6.07, 6.45) is 3.99. The number of nitrogens with zero attached hydrogens (tertiary/aromatic N) is 1. The normalized spacial score (nSPS) is 19.1. The van der Waals surface area contributed by atoms with E-state index in [-0.39, 0.29) is 11.8 Å². The highest BCUT2D eigenvalue weighted by Crippen LogP contribution is 2.40. The van der Waals surface area contributed by atoms with E-state index in [1.54, 1.807) is 18.3 Å². The third-order valence-electron chi connectivity index (χ3n) is 2.26. The van der Waals surface area contributed by atoms with Crippen molar-refractivity contribution in [1.29, 1.82) is 0 Å². The summed E-state index contributed by atoms with van der Waals surface area (Å²) in [4.78, 5) is 4.06. The predicted octanol–water partition coefficient (Wildman–Crippen LogP) is 1.20. The van der Waals surface area contributed by atoms with Crippen molar-refractivity contribution in [3.05, 3.63) is 24.0 Å². The monoisotopic (exact) mass is 164 g/mol. The molecule has 0 amide bonds. The average Bonchev–Trinajstić information content (AvgIpc) is 2.86. The molecular weight excluding hydrogens is 152 g/mol. The smallest absolute Gasteiger partial charge is 0.138 e. The van der Waals surface area contributed by atoms with Crippen LogP contribution < -0.4 is 5.73 Å². The Labute approximate surface area is 71.2 Å². The van der Waals surface area contributed by atoms with Gasteiger partial charge in [0.05, 0.1) is 11.7 Å². The van der Waals surface area contributed by atoms with E-state index in [2.05, 4.69) is 4.98 Å². The third-order valence-corrected chi connectivity index (χ3v) is 2.26. The SMILES string of the molecule is NC(c1ncccc1O)C1CC1. The maximum atomic E-state index is 9.42. The van der Waals surface area contributed by atoms with Gasteiger partial charge in [-0.15, -0.1) is 0 Å². The Hall–Kier alpha value is -1.09. The van der Waals surface area contributed by atoms with E-state index in [0.717, 1.165) is 12.8 Å². The summed E-state index contributed by atoms with van der Waals surface area (Å²) in [6, 6.07) is 3.26. The second-order valence-electron chi connectivity index (χ2n) is 3.27. The number of aromatic hydroxyl groups is 1. The van der Waals surface area contributed by atoms with Crippen molar-refractivity contribution in [3.8, 4) is 5.75 Å². The lowest BCUT2D eigenvalue weighted by atomic mass is 10.1. The van der Waals surface area contributed by atoms with Gasteiger partial charge in [-0.25, -0.2) is 0 Å². The fourth-order valence-corrected chi connectivity index (χ4v) is 1.34. The van der Waals surface area contributed by atoms with Crippen LogP contribution in [0.1, 0.15) is 24.6 Å². The zero-order chi connectivity index (χ0) is 8.55. The van der Waals surface area contributed by atoms with E-state index >= 15 is 0 Å². The highest BCUT2D eigenvalue weighted by molar-refractivity contribution is 5.28. The third kappa shape index (κ3) is 1.28. The van der Waals surface area contributed by atoms with E-state index in [4.69, 9.17) is 5.73 Å². The van der Waals surface area contributed by atoms with Crippen LogP contribution in [0.3, 0.4) is 0 Å². The quantitative estimate of drug-likeness (QED) is 0.690. The molecular formula is C9H12N2O. The molecule has 0 aromatic carbocycles. The van der Waals surface area contributed by atoms with Gasteiger partial charge in [-0.05, 0) is 30.9 Å². The highest BCUT2D eigenvalue weighted by atomic mass is 16.3. The fourth-order valence-electron chi connectivity index (χ4n) is 1.34. The van der Waals surface area contributed by atoms with Crippen molar-refractivity contribution in [2.24, 2.45) is 11.7 Å². The number of aromatic nitrogens is 1. The summed E-state index contributed by atoms with van der Waals surface area (Å²) < 4.78 is 0. The molecule has 1 saturated carbocycles. The average molecular weight is 164 g/mol. The zero-order valence-electron chi connectivity index (χ0n) is 6.77. The standard InChI is InChI=1S/C9H12N2O/c10-8(6-3-4-6)9-7(12)2-1-5-11-9/h1-2,5-6,8,12H,3-4,10H2. The molecule has 1 unspecified atom stereocenters. The zero-order valence-corrected chi connectivity index (χ0v) is 6.77. The molecule has 0 spiro atoms. The van der Waals surface area contributed by atoms with Crippen molar-refractivity contribution >= 4 is 0 Å². The molecule has 3 N–H and O–H groups in total. The minimum absolute atomic E-state index is 0.0776. The second kappa shape index (κ2) is 2.75. The van der Waals surface area contributed by atoms with Crippen molar-refractivity contribution in [1.82, 2.24) is 4.98 Å². The molecule has 0 radical (unpaired) electrons. The van der Waals surface area contributed by atoms with Gasteiger partial charge in [-0.1, -0.05) is 0 Å². The largest absolute Gasteiger partial charge is 0.506 e. The lowest BCUT2D eigenvalue weighted by molar-refractivity contribution is 0.449. The van der Waals surface area contributed by atoms with E-state index in [1.165, 1.54) is 0 Å². The van der Waals surface area contributed by atoms with E-state index in [0.29, 0.717) is 11.6 Å². The number of nitrogens with two attached hydrogens (primary N) is 1. The lowest BCUT2D eigenvalue weighted by Crippen LogP contribution is -2.13. The summed E-state index contributed by atoms with van der Waals surface area (Å²) >= 11 is 0. The summed E-state index contributed by atoms with van der Waals surface area (Å²) in [5, 5.41) is 9.42. The van der Waals surface area contributed by atoms with Crippen molar-refractivity contribution < 1.29 is 5.11 Å². The van der Waals surface area contributed by atoms with Gasteiger partial charge in [0.15, 0.2) is 0 Å². The Morgan fingerprint density at radius 2 is 2.33 bits per heavy atom. The van der Waals surface area contributed by atoms with Crippen LogP contribution in [0.4, 0.5) is 0 Å². The minimum Gasteiger partial charge on any atom is -0.506 e. The molecule has 0 saturated heterocycles. The maximum Gasteiger partial charge on any atom is 0.138 e. The first-order chi connectivity index (χ1) is 5.79. The topological polar surface area (TPSA) is 59.1 Å². The minimum atomic E-state index is -0.0776. The molecule has 3 nitrogen and oxygen atoms in total. The van der Waals surface area contributed by atoms with Gasteiger partial charge >= 0.3 is 0 Å². The van der Waals surface area contributed by atoms with Gasteiger partial charge in [0, 0.05) is 6.20 Å². The molecule has 64 valence electrons. The molecule has 1 aliphatic carbocycles. The first-order valence-corrected chi connectivity index (χ1v) is 4.18. The molecule has 3 heteroatoms. The molecule has 1 heterocycles. The van der Waals surface area contributed by atoms with E-state index in [9.17, 15) is 5.11 Å². The van der Waals surface area contributed by atoms with Crippen LogP contribution in [0.5, 0.6) is 5.75 Å². The van der Waals surface area contributed by atoms with Gasteiger partial charge in [0.25, 0.3) is 0 Å². The molecule has 0 aliphatic heterocycles. The van der Waals surface area contributed by atoms with Crippen molar-refractivity contribution in [3.63, 3.8) is 0 Å². The van der Waals surface area contributed by atoms with Crippen LogP contribution in [0, 0.1) is 5.92 Å². The van der Waals surface area contributed by atoms with Gasteiger partial charge < -0.3 is 10.8 Å². The fraction of sp³-hybridized carbons (Fsp3) is 0.444. The van der Waals surface area contributed by atoms with Crippen LogP contribution in [0.25, 0.3) is 0 Å². The Morgan fingerprint density at radius 1 is 1.58 bits per heavy atom. The first kappa shape index (κ1) is 7.55. The number of pyridine rings is 1. The van der Waals surface area contributed by atoms with Crippen molar-refractivity contribution in [2.75, 3.05) is 0 Å². The summed E-state index contributed by atoms with van der Waals surface area (Å²) in [6.45, 7) is 0. The molecule has 1 aliphatic rings. The van der Waals surface area contributed by atoms with Crippen LogP contribution in [-0.2, 0) is 0 Å². The lowest BCUT2D eigenvalue weighted by Gasteiger charge is -2.10. The van der Waals surface area contributed by atoms with Gasteiger partial charge in [-0.3, -0.25) is 4.98 Å². The van der Waals surface area contributed by atoms with Crippen molar-refractivity contribution in [2.45, 2.75) is 18.9 Å². The van der Waals surface area contributed by atoms with Gasteiger partial charge in [0.1, 0.15) is 5.75 Å². The Balaban J connectivity index is 2.25. The molecule has 1 aromatic rings. The van der Waals surface area contributed by atoms with Crippen LogP contribution in [-0.4, -0.2) is 10.1 Å². The van der Waals surface area contributed by atoms with Gasteiger partial charge in [0.2, 0.25) is 0 Å². The Kier molecular flexibility index (Phi) is 1.73. The Morgan fingerprint density at radius 3 is 2.92 bits per heavy atom. The predicted molar refractivity (Wildman–Crippen MR) is 45.6 cm³/mol. The van der Waals surface area contributed by atoms with Gasteiger partial charge in [-0.2, -0.15) is 0 Å². The number of hydrogen-bond donors (Lipinski definition) is 2. The summed E-state index contributed by atoms with van der Waals surface area (Å²) in [5.74, 6) is 0.752. The van der Waals surface area contributed by atoms with Crippen LogP contribution >= 0.6 is 0 Å².